The summed E-state index contributed by atoms with van der Waals surface area (Å²) in [4.78, 5) is 27.5. The van der Waals surface area contributed by atoms with Crippen LogP contribution in [0.1, 0.15) is 54.9 Å². The lowest BCUT2D eigenvalue weighted by Gasteiger charge is -2.35. The van der Waals surface area contributed by atoms with Crippen molar-refractivity contribution >= 4 is 23.6 Å². The van der Waals surface area contributed by atoms with E-state index in [-0.39, 0.29) is 17.6 Å². The smallest absolute Gasteiger partial charge is 0.335 e. The van der Waals surface area contributed by atoms with Crippen LogP contribution in [0.2, 0.25) is 0 Å². The number of thiazole rings is 1. The summed E-state index contributed by atoms with van der Waals surface area (Å²) in [6.45, 7) is 2.35. The minimum absolute atomic E-state index is 0.0344. The highest BCUT2D eigenvalue weighted by Crippen LogP contribution is 2.45. The summed E-state index contributed by atoms with van der Waals surface area (Å²) < 4.78 is 5.77. The maximum atomic E-state index is 11.1. The number of aromatic nitrogens is 1. The number of nitrogens with zero attached hydrogens (tertiary/aromatic N) is 1. The molecule has 1 N–H and O–H groups in total. The third kappa shape index (κ3) is 4.54. The average molecular weight is 436 g/mol. The fourth-order valence-electron chi connectivity index (χ4n) is 4.30. The van der Waals surface area contributed by atoms with Gasteiger partial charge in [0.15, 0.2) is 6.29 Å². The molecule has 1 aromatic heterocycles. The molecular weight excluding hydrogens is 410 g/mol. The number of carboxylic acids is 1. The summed E-state index contributed by atoms with van der Waals surface area (Å²) in [5.74, 6) is -0.152. The Hall–Kier alpha value is -2.99. The van der Waals surface area contributed by atoms with Crippen molar-refractivity contribution < 1.29 is 19.4 Å². The Labute approximate surface area is 185 Å². The van der Waals surface area contributed by atoms with Crippen molar-refractivity contribution in [3.05, 3.63) is 59.8 Å². The summed E-state index contributed by atoms with van der Waals surface area (Å²) in [6.07, 6.45) is 8.52. The Kier molecular flexibility index (Phi) is 6.18. The van der Waals surface area contributed by atoms with Gasteiger partial charge in [-0.25, -0.2) is 9.78 Å². The van der Waals surface area contributed by atoms with Crippen LogP contribution in [0.3, 0.4) is 0 Å². The van der Waals surface area contributed by atoms with E-state index in [4.69, 9.17) is 9.84 Å². The summed E-state index contributed by atoms with van der Waals surface area (Å²) in [5.41, 5.74) is 3.43. The van der Waals surface area contributed by atoms with Gasteiger partial charge < -0.3 is 9.84 Å². The van der Waals surface area contributed by atoms with Crippen LogP contribution in [-0.4, -0.2) is 29.0 Å². The van der Waals surface area contributed by atoms with Crippen molar-refractivity contribution in [3.63, 3.8) is 0 Å². The number of hydrogen-bond donors (Lipinski definition) is 1. The van der Waals surface area contributed by atoms with Gasteiger partial charge in [0.25, 0.3) is 0 Å². The Bertz CT molecular complexity index is 1080. The van der Waals surface area contributed by atoms with E-state index in [2.05, 4.69) is 18.0 Å². The lowest BCUT2D eigenvalue weighted by atomic mass is 9.70. The molecule has 1 heterocycles. The van der Waals surface area contributed by atoms with Gasteiger partial charge in [-0.3, -0.25) is 4.79 Å². The fourth-order valence-corrected chi connectivity index (χ4v) is 5.22. The van der Waals surface area contributed by atoms with E-state index in [0.717, 1.165) is 51.5 Å². The molecule has 0 atom stereocenters. The zero-order chi connectivity index (χ0) is 21.8. The molecule has 0 aliphatic heterocycles. The standard InChI is InChI=1S/C25H25NO4S/c1-25(11-3-2-4-12-25)20-15-19(9-10-21(20)30-14-13-27)22-16-26-23(31-22)17-5-7-18(8-6-17)24(28)29/h5-10,13,15-16H,2-4,11-12,14H2,1H3,(H,28,29). The number of hydrogen-bond acceptors (Lipinski definition) is 5. The minimum Gasteiger partial charge on any atom is -0.486 e. The highest BCUT2D eigenvalue weighted by Gasteiger charge is 2.32. The molecule has 1 fully saturated rings. The molecular formula is C25H25NO4S. The van der Waals surface area contributed by atoms with Crippen molar-refractivity contribution in [2.45, 2.75) is 44.4 Å². The lowest BCUT2D eigenvalue weighted by molar-refractivity contribution is -0.109. The quantitative estimate of drug-likeness (QED) is 0.462. The third-order valence-corrected chi connectivity index (χ3v) is 7.16. The van der Waals surface area contributed by atoms with Crippen LogP contribution in [0.4, 0.5) is 0 Å². The molecule has 6 heteroatoms. The molecule has 0 radical (unpaired) electrons. The second kappa shape index (κ2) is 9.02. The van der Waals surface area contributed by atoms with Gasteiger partial charge in [0.1, 0.15) is 17.4 Å². The first kappa shape index (κ1) is 21.2. The molecule has 31 heavy (non-hydrogen) atoms. The van der Waals surface area contributed by atoms with Crippen LogP contribution in [0.15, 0.2) is 48.7 Å². The number of carboxylic acid groups (broad SMARTS) is 1. The number of carbonyl (C=O) groups excluding carboxylic acids is 1. The molecule has 3 aromatic rings. The summed E-state index contributed by atoms with van der Waals surface area (Å²) >= 11 is 1.58. The molecule has 2 aromatic carbocycles. The molecule has 0 amide bonds. The maximum Gasteiger partial charge on any atom is 0.335 e. The van der Waals surface area contributed by atoms with Crippen LogP contribution in [0, 0.1) is 0 Å². The molecule has 1 aliphatic carbocycles. The maximum absolute atomic E-state index is 11.1. The topological polar surface area (TPSA) is 76.5 Å². The summed E-state index contributed by atoms with van der Waals surface area (Å²) in [5, 5.41) is 9.93. The second-order valence-electron chi connectivity index (χ2n) is 8.22. The molecule has 0 spiro atoms. The van der Waals surface area contributed by atoms with E-state index in [1.54, 1.807) is 35.6 Å². The Balaban J connectivity index is 1.67. The first-order chi connectivity index (χ1) is 15.0. The monoisotopic (exact) mass is 435 g/mol. The highest BCUT2D eigenvalue weighted by atomic mass is 32.1. The van der Waals surface area contributed by atoms with Crippen LogP contribution in [0.5, 0.6) is 5.75 Å². The molecule has 0 unspecified atom stereocenters. The van der Waals surface area contributed by atoms with Gasteiger partial charge in [-0.15, -0.1) is 11.3 Å². The van der Waals surface area contributed by atoms with Gasteiger partial charge in [0.05, 0.1) is 10.4 Å². The lowest BCUT2D eigenvalue weighted by Crippen LogP contribution is -2.26. The van der Waals surface area contributed by atoms with Crippen molar-refractivity contribution in [2.75, 3.05) is 6.61 Å². The van der Waals surface area contributed by atoms with Gasteiger partial charge in [0, 0.05) is 17.3 Å². The number of aromatic carboxylic acids is 1. The van der Waals surface area contributed by atoms with Crippen molar-refractivity contribution in [3.8, 4) is 26.8 Å². The molecule has 1 saturated carbocycles. The average Bonchev–Trinajstić information content (AvgIpc) is 3.28. The number of ether oxygens (including phenoxy) is 1. The SMILES string of the molecule is CC1(c2cc(-c3cnc(-c4ccc(C(=O)O)cc4)s3)ccc2OCC=O)CCCCC1. The normalized spacial score (nSPS) is 15.4. The van der Waals surface area contributed by atoms with Crippen LogP contribution >= 0.6 is 11.3 Å². The van der Waals surface area contributed by atoms with E-state index in [1.165, 1.54) is 19.3 Å². The van der Waals surface area contributed by atoms with Gasteiger partial charge in [0.2, 0.25) is 0 Å². The highest BCUT2D eigenvalue weighted by molar-refractivity contribution is 7.18. The first-order valence-corrected chi connectivity index (χ1v) is 11.3. The van der Waals surface area contributed by atoms with E-state index in [0.29, 0.717) is 0 Å². The summed E-state index contributed by atoms with van der Waals surface area (Å²) in [7, 11) is 0. The molecule has 160 valence electrons. The van der Waals surface area contributed by atoms with Crippen LogP contribution in [-0.2, 0) is 10.2 Å². The number of carbonyl (C=O) groups is 2. The molecule has 4 rings (SSSR count). The largest absolute Gasteiger partial charge is 0.486 e. The number of aldehydes is 1. The van der Waals surface area contributed by atoms with Gasteiger partial charge in [-0.1, -0.05) is 38.3 Å². The van der Waals surface area contributed by atoms with Crippen LogP contribution < -0.4 is 4.74 Å². The van der Waals surface area contributed by atoms with Gasteiger partial charge in [-0.05, 0) is 54.2 Å². The summed E-state index contributed by atoms with van der Waals surface area (Å²) in [6, 6.07) is 12.9. The van der Waals surface area contributed by atoms with Crippen molar-refractivity contribution in [2.24, 2.45) is 0 Å². The molecule has 5 nitrogen and oxygen atoms in total. The predicted octanol–water partition coefficient (Wildman–Crippen LogP) is 5.97. The van der Waals surface area contributed by atoms with Crippen molar-refractivity contribution in [1.29, 1.82) is 0 Å². The van der Waals surface area contributed by atoms with E-state index in [9.17, 15) is 9.59 Å². The van der Waals surface area contributed by atoms with E-state index in [1.807, 2.05) is 18.3 Å². The second-order valence-corrected chi connectivity index (χ2v) is 9.25. The first-order valence-electron chi connectivity index (χ1n) is 10.5. The molecule has 1 aliphatic rings. The zero-order valence-electron chi connectivity index (χ0n) is 17.5. The van der Waals surface area contributed by atoms with Gasteiger partial charge in [-0.2, -0.15) is 0 Å². The Morgan fingerprint density at radius 1 is 1.13 bits per heavy atom. The van der Waals surface area contributed by atoms with E-state index < -0.39 is 5.97 Å². The Morgan fingerprint density at radius 3 is 2.52 bits per heavy atom. The zero-order valence-corrected chi connectivity index (χ0v) is 18.3. The van der Waals surface area contributed by atoms with Crippen LogP contribution in [0.25, 0.3) is 21.0 Å². The predicted molar refractivity (Wildman–Crippen MR) is 122 cm³/mol. The van der Waals surface area contributed by atoms with Crippen molar-refractivity contribution in [1.82, 2.24) is 4.98 Å². The third-order valence-electron chi connectivity index (χ3n) is 6.06. The number of rotatable bonds is 7. The fraction of sp³-hybridized carbons (Fsp3) is 0.320. The minimum atomic E-state index is -0.938. The van der Waals surface area contributed by atoms with E-state index >= 15 is 0 Å². The molecule has 0 saturated heterocycles. The van der Waals surface area contributed by atoms with Gasteiger partial charge >= 0.3 is 5.97 Å². The Morgan fingerprint density at radius 2 is 1.84 bits per heavy atom. The number of benzene rings is 2. The molecule has 0 bridgehead atoms.